The predicted molar refractivity (Wildman–Crippen MR) is 125 cm³/mol. The van der Waals surface area contributed by atoms with Gasteiger partial charge in [0.2, 0.25) is 5.91 Å². The lowest BCUT2D eigenvalue weighted by Gasteiger charge is -2.18. The van der Waals surface area contributed by atoms with Crippen molar-refractivity contribution in [2.24, 2.45) is 0 Å². The lowest BCUT2D eigenvalue weighted by atomic mass is 10.1. The van der Waals surface area contributed by atoms with Gasteiger partial charge in [-0.2, -0.15) is 0 Å². The Morgan fingerprint density at radius 2 is 1.70 bits per heavy atom. The second-order valence-corrected chi connectivity index (χ2v) is 9.30. The molecule has 172 valence electrons. The third kappa shape index (κ3) is 6.09. The van der Waals surface area contributed by atoms with Crippen molar-refractivity contribution in [3.05, 3.63) is 88.7 Å². The molecule has 0 aliphatic rings. The van der Waals surface area contributed by atoms with Gasteiger partial charge in [-0.15, -0.1) is 0 Å². The van der Waals surface area contributed by atoms with Crippen molar-refractivity contribution < 1.29 is 22.4 Å². The van der Waals surface area contributed by atoms with Crippen LogP contribution in [0.4, 0.5) is 15.8 Å². The van der Waals surface area contributed by atoms with Crippen molar-refractivity contribution in [2.45, 2.75) is 18.4 Å². The highest BCUT2D eigenvalue weighted by molar-refractivity contribution is 7.92. The first kappa shape index (κ1) is 24.2. The molecule has 0 unspecified atom stereocenters. The molecule has 0 saturated carbocycles. The first-order valence-corrected chi connectivity index (χ1v) is 11.6. The molecule has 0 heterocycles. The van der Waals surface area contributed by atoms with Gasteiger partial charge >= 0.3 is 0 Å². The van der Waals surface area contributed by atoms with Crippen LogP contribution in [0.5, 0.6) is 0 Å². The summed E-state index contributed by atoms with van der Waals surface area (Å²) in [5.74, 6) is -1.19. The molecule has 33 heavy (non-hydrogen) atoms. The molecular weight excluding hydrogens is 469 g/mol. The van der Waals surface area contributed by atoms with E-state index >= 15 is 0 Å². The number of carbonyl (C=O) groups excluding carboxylic acids is 2. The van der Waals surface area contributed by atoms with Crippen molar-refractivity contribution in [3.63, 3.8) is 0 Å². The van der Waals surface area contributed by atoms with Gasteiger partial charge in [0, 0.05) is 37.5 Å². The molecule has 2 N–H and O–H groups in total. The van der Waals surface area contributed by atoms with E-state index in [1.807, 2.05) is 0 Å². The number of rotatable bonds is 7. The number of hydrogen-bond acceptors (Lipinski definition) is 4. The number of nitrogens with zero attached hydrogens (tertiary/aromatic N) is 1. The summed E-state index contributed by atoms with van der Waals surface area (Å²) in [6.45, 7) is 1.73. The van der Waals surface area contributed by atoms with Crippen LogP contribution in [-0.2, 0) is 21.4 Å². The highest BCUT2D eigenvalue weighted by Gasteiger charge is 2.21. The minimum Gasteiger partial charge on any atom is -0.342 e. The van der Waals surface area contributed by atoms with Crippen LogP contribution in [0.15, 0.2) is 71.6 Å². The van der Waals surface area contributed by atoms with Crippen molar-refractivity contribution in [1.82, 2.24) is 4.90 Å². The van der Waals surface area contributed by atoms with Crippen molar-refractivity contribution in [2.75, 3.05) is 17.1 Å². The number of halogens is 2. The monoisotopic (exact) mass is 489 g/mol. The number of hydrogen-bond donors (Lipinski definition) is 2. The fourth-order valence-corrected chi connectivity index (χ4v) is 4.51. The number of para-hydroxylation sites is 1. The van der Waals surface area contributed by atoms with E-state index in [-0.39, 0.29) is 33.6 Å². The van der Waals surface area contributed by atoms with Gasteiger partial charge in [-0.05, 0) is 54.1 Å². The summed E-state index contributed by atoms with van der Waals surface area (Å²) in [4.78, 5) is 25.6. The zero-order valence-electron chi connectivity index (χ0n) is 17.8. The van der Waals surface area contributed by atoms with Crippen molar-refractivity contribution in [1.29, 1.82) is 0 Å². The van der Waals surface area contributed by atoms with Gasteiger partial charge in [0.1, 0.15) is 10.7 Å². The van der Waals surface area contributed by atoms with E-state index in [2.05, 4.69) is 10.0 Å². The van der Waals surface area contributed by atoms with Gasteiger partial charge in [-0.1, -0.05) is 29.8 Å². The summed E-state index contributed by atoms with van der Waals surface area (Å²) >= 11 is 6.10. The molecule has 0 aliphatic heterocycles. The molecule has 3 aromatic carbocycles. The maximum Gasteiger partial charge on any atom is 0.263 e. The molecule has 3 rings (SSSR count). The van der Waals surface area contributed by atoms with E-state index in [0.717, 1.165) is 18.2 Å². The Balaban J connectivity index is 1.86. The van der Waals surface area contributed by atoms with Gasteiger partial charge in [0.15, 0.2) is 0 Å². The van der Waals surface area contributed by atoms with Gasteiger partial charge in [0.25, 0.3) is 15.9 Å². The van der Waals surface area contributed by atoms with Crippen LogP contribution in [0.2, 0.25) is 5.02 Å². The van der Waals surface area contributed by atoms with E-state index in [1.165, 1.54) is 36.1 Å². The Hall–Kier alpha value is -3.43. The molecule has 0 aliphatic carbocycles. The second kappa shape index (κ2) is 10.0. The summed E-state index contributed by atoms with van der Waals surface area (Å²) in [6, 6.07) is 15.6. The quantitative estimate of drug-likeness (QED) is 0.510. The number of benzene rings is 3. The highest BCUT2D eigenvalue weighted by atomic mass is 35.5. The van der Waals surface area contributed by atoms with E-state index in [4.69, 9.17) is 11.6 Å². The summed E-state index contributed by atoms with van der Waals surface area (Å²) in [6.07, 6.45) is 0. The molecule has 0 bridgehead atoms. The standard InChI is InChI=1S/C23H21ClFN3O4S/c1-15(29)28(2)14-17-5-3-4-6-21(17)26-23(30)16-7-12-20(24)22(13-16)33(31,32)27-19-10-8-18(25)9-11-19/h3-13,27H,14H2,1-2H3,(H,26,30). The average Bonchev–Trinajstić information content (AvgIpc) is 2.76. The Kier molecular flexibility index (Phi) is 7.35. The minimum atomic E-state index is -4.15. The number of carbonyl (C=O) groups is 2. The molecule has 2 amide bonds. The highest BCUT2D eigenvalue weighted by Crippen LogP contribution is 2.26. The van der Waals surface area contributed by atoms with Crippen LogP contribution in [-0.4, -0.2) is 32.2 Å². The normalized spacial score (nSPS) is 11.0. The molecule has 0 spiro atoms. The number of sulfonamides is 1. The zero-order valence-corrected chi connectivity index (χ0v) is 19.4. The lowest BCUT2D eigenvalue weighted by molar-refractivity contribution is -0.128. The third-order valence-electron chi connectivity index (χ3n) is 4.79. The molecule has 0 radical (unpaired) electrons. The van der Waals surface area contributed by atoms with E-state index in [0.29, 0.717) is 11.3 Å². The lowest BCUT2D eigenvalue weighted by Crippen LogP contribution is -2.24. The summed E-state index contributed by atoms with van der Waals surface area (Å²) in [7, 11) is -2.50. The maximum absolute atomic E-state index is 13.1. The topological polar surface area (TPSA) is 95.6 Å². The van der Waals surface area contributed by atoms with Crippen LogP contribution in [0.25, 0.3) is 0 Å². The Labute approximate surface area is 196 Å². The van der Waals surface area contributed by atoms with Crippen LogP contribution < -0.4 is 10.0 Å². The molecule has 0 aromatic heterocycles. The number of amides is 2. The van der Waals surface area contributed by atoms with Gasteiger partial charge in [0.05, 0.1) is 5.02 Å². The second-order valence-electron chi connectivity index (χ2n) is 7.24. The molecule has 0 saturated heterocycles. The van der Waals surface area contributed by atoms with Crippen LogP contribution in [0, 0.1) is 5.82 Å². The number of anilines is 2. The Morgan fingerprint density at radius 3 is 2.36 bits per heavy atom. The summed E-state index contributed by atoms with van der Waals surface area (Å²) < 4.78 is 41.1. The van der Waals surface area contributed by atoms with E-state index in [1.54, 1.807) is 31.3 Å². The summed E-state index contributed by atoms with van der Waals surface area (Å²) in [5.41, 5.74) is 1.40. The fourth-order valence-electron chi connectivity index (χ4n) is 2.92. The minimum absolute atomic E-state index is 0.0635. The van der Waals surface area contributed by atoms with Gasteiger partial charge < -0.3 is 10.2 Å². The summed E-state index contributed by atoms with van der Waals surface area (Å²) in [5, 5.41) is 2.67. The first-order valence-electron chi connectivity index (χ1n) is 9.76. The maximum atomic E-state index is 13.1. The Morgan fingerprint density at radius 1 is 1.03 bits per heavy atom. The smallest absolute Gasteiger partial charge is 0.263 e. The van der Waals surface area contributed by atoms with E-state index < -0.39 is 21.7 Å². The number of nitrogens with one attached hydrogen (secondary N) is 2. The van der Waals surface area contributed by atoms with Crippen LogP contribution >= 0.6 is 11.6 Å². The van der Waals surface area contributed by atoms with Gasteiger partial charge in [-0.25, -0.2) is 12.8 Å². The SMILES string of the molecule is CC(=O)N(C)Cc1ccccc1NC(=O)c1ccc(Cl)c(S(=O)(=O)Nc2ccc(F)cc2)c1. The van der Waals surface area contributed by atoms with Crippen molar-refractivity contribution >= 4 is 44.8 Å². The molecule has 7 nitrogen and oxygen atoms in total. The molecule has 3 aromatic rings. The molecule has 0 fully saturated rings. The predicted octanol–water partition coefficient (Wildman–Crippen LogP) is 4.51. The molecular formula is C23H21ClFN3O4S. The average molecular weight is 490 g/mol. The zero-order chi connectivity index (χ0) is 24.2. The molecule has 0 atom stereocenters. The fraction of sp³-hybridized carbons (Fsp3) is 0.130. The van der Waals surface area contributed by atoms with Gasteiger partial charge in [-0.3, -0.25) is 14.3 Å². The third-order valence-corrected chi connectivity index (χ3v) is 6.65. The van der Waals surface area contributed by atoms with Crippen LogP contribution in [0.1, 0.15) is 22.8 Å². The largest absolute Gasteiger partial charge is 0.342 e. The Bertz CT molecular complexity index is 1300. The van der Waals surface area contributed by atoms with Crippen molar-refractivity contribution in [3.8, 4) is 0 Å². The van der Waals surface area contributed by atoms with Crippen LogP contribution in [0.3, 0.4) is 0 Å². The van der Waals surface area contributed by atoms with E-state index in [9.17, 15) is 22.4 Å². The molecule has 10 heteroatoms. The first-order chi connectivity index (χ1) is 15.6.